The van der Waals surface area contributed by atoms with Crippen molar-refractivity contribution < 1.29 is 13.6 Å². The molecule has 1 N–H and O–H groups in total. The van der Waals surface area contributed by atoms with Crippen molar-refractivity contribution in [3.8, 4) is 11.3 Å². The lowest BCUT2D eigenvalue weighted by Crippen LogP contribution is -2.13. The molecule has 0 aliphatic heterocycles. The number of amides is 1. The zero-order chi connectivity index (χ0) is 14.7. The fourth-order valence-corrected chi connectivity index (χ4v) is 1.84. The first-order chi connectivity index (χ1) is 10.2. The highest BCUT2D eigenvalue weighted by Crippen LogP contribution is 2.24. The molecule has 0 atom stereocenters. The van der Waals surface area contributed by atoms with Crippen LogP contribution in [0, 0.1) is 5.82 Å². The molecule has 0 fully saturated rings. The summed E-state index contributed by atoms with van der Waals surface area (Å²) in [6.45, 7) is 0. The van der Waals surface area contributed by atoms with Crippen LogP contribution in [0.2, 0.25) is 0 Å². The molecule has 0 aliphatic carbocycles. The summed E-state index contributed by atoms with van der Waals surface area (Å²) >= 11 is 0. The van der Waals surface area contributed by atoms with Gasteiger partial charge in [0.1, 0.15) is 5.82 Å². The number of carbonyl (C=O) groups excluding carboxylic acids is 1. The summed E-state index contributed by atoms with van der Waals surface area (Å²) in [5, 5.41) is 2.67. The number of pyridine rings is 1. The molecule has 0 saturated carbocycles. The van der Waals surface area contributed by atoms with E-state index in [-0.39, 0.29) is 17.3 Å². The minimum atomic E-state index is -0.420. The topological polar surface area (TPSA) is 68.0 Å². The van der Waals surface area contributed by atoms with Gasteiger partial charge in [-0.15, -0.1) is 0 Å². The summed E-state index contributed by atoms with van der Waals surface area (Å²) in [4.78, 5) is 20.0. The molecule has 3 aromatic rings. The number of rotatable bonds is 3. The molecule has 0 unspecified atom stereocenters. The molecule has 5 nitrogen and oxygen atoms in total. The van der Waals surface area contributed by atoms with Crippen molar-refractivity contribution >= 4 is 11.6 Å². The van der Waals surface area contributed by atoms with Gasteiger partial charge in [0.2, 0.25) is 0 Å². The summed E-state index contributed by atoms with van der Waals surface area (Å²) in [6.07, 6.45) is 4.31. The first-order valence-electron chi connectivity index (χ1n) is 6.15. The van der Waals surface area contributed by atoms with Crippen molar-refractivity contribution in [2.75, 3.05) is 5.32 Å². The Kier molecular flexibility index (Phi) is 3.42. The second kappa shape index (κ2) is 5.54. The Morgan fingerprint density at radius 2 is 2.00 bits per heavy atom. The maximum atomic E-state index is 12.9. The summed E-state index contributed by atoms with van der Waals surface area (Å²) in [5.41, 5.74) is 1.26. The van der Waals surface area contributed by atoms with Crippen LogP contribution >= 0.6 is 0 Å². The van der Waals surface area contributed by atoms with E-state index >= 15 is 0 Å². The maximum Gasteiger partial charge on any atom is 0.278 e. The predicted octanol–water partition coefficient (Wildman–Crippen LogP) is 3.13. The van der Waals surface area contributed by atoms with Crippen molar-refractivity contribution in [3.05, 3.63) is 66.7 Å². The van der Waals surface area contributed by atoms with Crippen LogP contribution in [0.5, 0.6) is 0 Å². The Morgan fingerprint density at radius 3 is 2.71 bits per heavy atom. The maximum absolute atomic E-state index is 12.9. The monoisotopic (exact) mass is 283 g/mol. The summed E-state index contributed by atoms with van der Waals surface area (Å²) in [6, 6.07) is 9.05. The highest BCUT2D eigenvalue weighted by atomic mass is 19.1. The van der Waals surface area contributed by atoms with Gasteiger partial charge in [-0.2, -0.15) is 0 Å². The van der Waals surface area contributed by atoms with Gasteiger partial charge in [-0.05, 0) is 36.4 Å². The number of anilines is 1. The van der Waals surface area contributed by atoms with Crippen LogP contribution in [0.15, 0.2) is 59.6 Å². The van der Waals surface area contributed by atoms with Crippen LogP contribution in [-0.2, 0) is 0 Å². The number of nitrogens with zero attached hydrogens (tertiary/aromatic N) is 2. The van der Waals surface area contributed by atoms with Gasteiger partial charge in [-0.3, -0.25) is 9.78 Å². The third kappa shape index (κ3) is 2.79. The molecule has 0 spiro atoms. The van der Waals surface area contributed by atoms with Crippen LogP contribution in [0.4, 0.5) is 10.1 Å². The molecule has 2 heterocycles. The van der Waals surface area contributed by atoms with Gasteiger partial charge in [0.05, 0.1) is 11.9 Å². The third-order valence-corrected chi connectivity index (χ3v) is 2.81. The second-order valence-corrected chi connectivity index (χ2v) is 4.23. The Bertz CT molecular complexity index is 754. The number of hydrogen-bond donors (Lipinski definition) is 1. The largest absolute Gasteiger partial charge is 0.443 e. The normalized spacial score (nSPS) is 10.3. The van der Waals surface area contributed by atoms with Gasteiger partial charge in [-0.1, -0.05) is 0 Å². The number of hydrogen-bond acceptors (Lipinski definition) is 4. The molecule has 6 heteroatoms. The van der Waals surface area contributed by atoms with Gasteiger partial charge in [0, 0.05) is 11.8 Å². The number of oxazole rings is 1. The average Bonchev–Trinajstić information content (AvgIpc) is 2.98. The Balaban J connectivity index is 1.88. The van der Waals surface area contributed by atoms with Crippen molar-refractivity contribution in [3.63, 3.8) is 0 Å². The van der Waals surface area contributed by atoms with Crippen LogP contribution in [-0.4, -0.2) is 15.9 Å². The minimum absolute atomic E-state index is 0.130. The van der Waals surface area contributed by atoms with Gasteiger partial charge < -0.3 is 9.73 Å². The van der Waals surface area contributed by atoms with E-state index < -0.39 is 5.91 Å². The van der Waals surface area contributed by atoms with E-state index in [0.717, 1.165) is 0 Å². The molecule has 3 rings (SSSR count). The fourth-order valence-electron chi connectivity index (χ4n) is 1.84. The zero-order valence-electron chi connectivity index (χ0n) is 10.8. The average molecular weight is 283 g/mol. The Morgan fingerprint density at radius 1 is 1.19 bits per heavy atom. The molecule has 0 radical (unpaired) electrons. The van der Waals surface area contributed by atoms with E-state index in [1.807, 2.05) is 0 Å². The second-order valence-electron chi connectivity index (χ2n) is 4.23. The van der Waals surface area contributed by atoms with E-state index in [9.17, 15) is 9.18 Å². The Hall–Kier alpha value is -3.02. The molecule has 21 heavy (non-hydrogen) atoms. The zero-order valence-corrected chi connectivity index (χ0v) is 10.8. The fraction of sp³-hybridized carbons (Fsp3) is 0. The van der Waals surface area contributed by atoms with E-state index in [0.29, 0.717) is 11.3 Å². The summed E-state index contributed by atoms with van der Waals surface area (Å²) < 4.78 is 18.2. The van der Waals surface area contributed by atoms with Crippen molar-refractivity contribution in [1.29, 1.82) is 0 Å². The van der Waals surface area contributed by atoms with Crippen LogP contribution in [0.1, 0.15) is 10.5 Å². The van der Waals surface area contributed by atoms with Gasteiger partial charge in [-0.25, -0.2) is 9.37 Å². The first-order valence-corrected chi connectivity index (χ1v) is 6.15. The van der Waals surface area contributed by atoms with E-state index in [4.69, 9.17) is 4.42 Å². The minimum Gasteiger partial charge on any atom is -0.443 e. The number of benzene rings is 1. The molecule has 1 aromatic carbocycles. The quantitative estimate of drug-likeness (QED) is 0.801. The number of carbonyl (C=O) groups is 1. The lowest BCUT2D eigenvalue weighted by molar-refractivity contribution is 0.102. The van der Waals surface area contributed by atoms with Crippen molar-refractivity contribution in [2.24, 2.45) is 0 Å². The van der Waals surface area contributed by atoms with Crippen molar-refractivity contribution in [1.82, 2.24) is 9.97 Å². The summed E-state index contributed by atoms with van der Waals surface area (Å²) in [5.74, 6) is -0.493. The molecule has 2 aromatic heterocycles. The lowest BCUT2D eigenvalue weighted by Gasteiger charge is -2.04. The van der Waals surface area contributed by atoms with Crippen LogP contribution < -0.4 is 5.32 Å². The molecule has 1 amide bonds. The van der Waals surface area contributed by atoms with Crippen LogP contribution in [0.3, 0.4) is 0 Å². The highest BCUT2D eigenvalue weighted by Gasteiger charge is 2.18. The lowest BCUT2D eigenvalue weighted by atomic mass is 10.1. The first kappa shape index (κ1) is 13.0. The third-order valence-electron chi connectivity index (χ3n) is 2.81. The molecular formula is C15H10FN3O2. The van der Waals surface area contributed by atoms with Gasteiger partial charge >= 0.3 is 0 Å². The molecule has 0 bridgehead atoms. The molecule has 104 valence electrons. The van der Waals surface area contributed by atoms with Crippen molar-refractivity contribution in [2.45, 2.75) is 0 Å². The van der Waals surface area contributed by atoms with E-state index in [2.05, 4.69) is 15.3 Å². The molecule has 0 saturated heterocycles. The molecular weight excluding hydrogens is 273 g/mol. The van der Waals surface area contributed by atoms with E-state index in [1.165, 1.54) is 36.9 Å². The Labute approximate surface area is 119 Å². The van der Waals surface area contributed by atoms with E-state index in [1.54, 1.807) is 18.3 Å². The smallest absolute Gasteiger partial charge is 0.278 e. The summed E-state index contributed by atoms with van der Waals surface area (Å²) in [7, 11) is 0. The molecule has 0 aliphatic rings. The van der Waals surface area contributed by atoms with Gasteiger partial charge in [0.25, 0.3) is 5.91 Å². The standard InChI is InChI=1S/C15H10FN3O2/c16-11-5-3-10(4-6-11)14-13(18-9-21-14)15(20)19-12-2-1-7-17-8-12/h1-9H,(H,19,20). The van der Waals surface area contributed by atoms with Crippen LogP contribution in [0.25, 0.3) is 11.3 Å². The number of halogens is 1. The predicted molar refractivity (Wildman–Crippen MR) is 74.1 cm³/mol. The SMILES string of the molecule is O=C(Nc1cccnc1)c1ncoc1-c1ccc(F)cc1. The highest BCUT2D eigenvalue weighted by molar-refractivity contribution is 6.06. The number of aromatic nitrogens is 2. The number of nitrogens with one attached hydrogen (secondary N) is 1. The van der Waals surface area contributed by atoms with Gasteiger partial charge in [0.15, 0.2) is 17.8 Å².